The summed E-state index contributed by atoms with van der Waals surface area (Å²) >= 11 is 0. The van der Waals surface area contributed by atoms with Gasteiger partial charge >= 0.3 is 0 Å². The van der Waals surface area contributed by atoms with Crippen LogP contribution in [-0.4, -0.2) is 13.2 Å². The van der Waals surface area contributed by atoms with Crippen LogP contribution in [0.4, 0.5) is 0 Å². The number of hydrogen-bond acceptors (Lipinski definition) is 2. The van der Waals surface area contributed by atoms with Crippen molar-refractivity contribution in [3.8, 4) is 0 Å². The van der Waals surface area contributed by atoms with E-state index in [0.29, 0.717) is 13.2 Å². The number of rotatable bonds is 6. The van der Waals surface area contributed by atoms with Crippen molar-refractivity contribution in [2.24, 2.45) is 5.73 Å². The van der Waals surface area contributed by atoms with Crippen LogP contribution < -0.4 is 5.73 Å². The lowest BCUT2D eigenvalue weighted by molar-refractivity contribution is 0.120. The first-order chi connectivity index (χ1) is 6.86. The summed E-state index contributed by atoms with van der Waals surface area (Å²) in [4.78, 5) is 0. The Morgan fingerprint density at radius 2 is 1.79 bits per heavy atom. The molecule has 0 atom stereocenters. The van der Waals surface area contributed by atoms with E-state index in [4.69, 9.17) is 10.5 Å². The third-order valence-corrected chi connectivity index (χ3v) is 2.19. The molecule has 78 valence electrons. The fourth-order valence-corrected chi connectivity index (χ4v) is 1.25. The Hall–Kier alpha value is -0.860. The van der Waals surface area contributed by atoms with Crippen molar-refractivity contribution in [3.05, 3.63) is 35.4 Å². The Morgan fingerprint density at radius 3 is 2.36 bits per heavy atom. The SMILES string of the molecule is CCc1ccc(COCCCN)cc1. The monoisotopic (exact) mass is 193 g/mol. The lowest BCUT2D eigenvalue weighted by atomic mass is 10.1. The molecule has 14 heavy (non-hydrogen) atoms. The van der Waals surface area contributed by atoms with E-state index in [2.05, 4.69) is 31.2 Å². The fourth-order valence-electron chi connectivity index (χ4n) is 1.25. The van der Waals surface area contributed by atoms with Crippen molar-refractivity contribution in [1.29, 1.82) is 0 Å². The van der Waals surface area contributed by atoms with Crippen molar-refractivity contribution < 1.29 is 4.74 Å². The number of aryl methyl sites for hydroxylation is 1. The molecule has 0 aliphatic carbocycles. The minimum Gasteiger partial charge on any atom is -0.377 e. The first-order valence-electron chi connectivity index (χ1n) is 5.22. The Kier molecular flexibility index (Phi) is 5.27. The van der Waals surface area contributed by atoms with Gasteiger partial charge in [-0.2, -0.15) is 0 Å². The summed E-state index contributed by atoms with van der Waals surface area (Å²) < 4.78 is 5.45. The lowest BCUT2D eigenvalue weighted by Gasteiger charge is -2.04. The Bertz CT molecular complexity index is 243. The zero-order valence-electron chi connectivity index (χ0n) is 8.83. The average Bonchev–Trinajstić information content (AvgIpc) is 2.25. The molecule has 1 aromatic rings. The number of benzene rings is 1. The van der Waals surface area contributed by atoms with Gasteiger partial charge in [-0.1, -0.05) is 31.2 Å². The first-order valence-corrected chi connectivity index (χ1v) is 5.22. The van der Waals surface area contributed by atoms with Crippen molar-refractivity contribution in [2.45, 2.75) is 26.4 Å². The van der Waals surface area contributed by atoms with Gasteiger partial charge in [-0.3, -0.25) is 0 Å². The predicted octanol–water partition coefficient (Wildman–Crippen LogP) is 2.11. The van der Waals surface area contributed by atoms with Gasteiger partial charge in [-0.15, -0.1) is 0 Å². The van der Waals surface area contributed by atoms with Gasteiger partial charge in [0.1, 0.15) is 0 Å². The molecule has 0 amide bonds. The van der Waals surface area contributed by atoms with E-state index in [-0.39, 0.29) is 0 Å². The molecule has 0 heterocycles. The summed E-state index contributed by atoms with van der Waals surface area (Å²) in [6.45, 7) is 4.32. The minimum atomic E-state index is 0.698. The molecule has 0 spiro atoms. The molecule has 1 aromatic carbocycles. The zero-order valence-corrected chi connectivity index (χ0v) is 8.83. The normalized spacial score (nSPS) is 10.4. The number of ether oxygens (including phenoxy) is 1. The third-order valence-electron chi connectivity index (χ3n) is 2.19. The average molecular weight is 193 g/mol. The molecule has 0 radical (unpaired) electrons. The molecular formula is C12H19NO. The predicted molar refractivity (Wildman–Crippen MR) is 59.1 cm³/mol. The van der Waals surface area contributed by atoms with Crippen LogP contribution in [0.3, 0.4) is 0 Å². The van der Waals surface area contributed by atoms with Gasteiger partial charge in [-0.25, -0.2) is 0 Å². The van der Waals surface area contributed by atoms with Crippen molar-refractivity contribution in [2.75, 3.05) is 13.2 Å². The van der Waals surface area contributed by atoms with E-state index in [1.54, 1.807) is 0 Å². The third kappa shape index (κ3) is 3.90. The second-order valence-corrected chi connectivity index (χ2v) is 3.36. The summed E-state index contributed by atoms with van der Waals surface area (Å²) in [5.41, 5.74) is 7.97. The highest BCUT2D eigenvalue weighted by Gasteiger charge is 1.93. The molecule has 0 aliphatic rings. The Balaban J connectivity index is 2.29. The van der Waals surface area contributed by atoms with Crippen LogP contribution in [0.5, 0.6) is 0 Å². The van der Waals surface area contributed by atoms with E-state index in [9.17, 15) is 0 Å². The van der Waals surface area contributed by atoms with Gasteiger partial charge in [0.05, 0.1) is 6.61 Å². The van der Waals surface area contributed by atoms with Gasteiger partial charge in [0.2, 0.25) is 0 Å². The molecule has 0 aromatic heterocycles. The van der Waals surface area contributed by atoms with Crippen molar-refractivity contribution in [1.82, 2.24) is 0 Å². The second kappa shape index (κ2) is 6.57. The van der Waals surface area contributed by atoms with E-state index in [1.165, 1.54) is 11.1 Å². The summed E-state index contributed by atoms with van der Waals surface area (Å²) in [5.74, 6) is 0. The van der Waals surface area contributed by atoms with Crippen LogP contribution in [-0.2, 0) is 17.8 Å². The Morgan fingerprint density at radius 1 is 1.14 bits per heavy atom. The van der Waals surface area contributed by atoms with E-state index in [1.807, 2.05) is 0 Å². The number of hydrogen-bond donors (Lipinski definition) is 1. The molecule has 0 saturated carbocycles. The van der Waals surface area contributed by atoms with Gasteiger partial charge < -0.3 is 10.5 Å². The molecule has 0 bridgehead atoms. The highest BCUT2D eigenvalue weighted by atomic mass is 16.5. The molecule has 0 unspecified atom stereocenters. The summed E-state index contributed by atoms with van der Waals surface area (Å²) in [6.07, 6.45) is 2.03. The maximum Gasteiger partial charge on any atom is 0.0716 e. The molecule has 2 nitrogen and oxygen atoms in total. The van der Waals surface area contributed by atoms with E-state index in [0.717, 1.165) is 19.4 Å². The van der Waals surface area contributed by atoms with Gasteiger partial charge in [-0.05, 0) is 30.5 Å². The fraction of sp³-hybridized carbons (Fsp3) is 0.500. The molecule has 0 fully saturated rings. The largest absolute Gasteiger partial charge is 0.377 e. The molecule has 2 heteroatoms. The highest BCUT2D eigenvalue weighted by molar-refractivity contribution is 5.21. The van der Waals surface area contributed by atoms with Gasteiger partial charge in [0.25, 0.3) is 0 Å². The standard InChI is InChI=1S/C12H19NO/c1-2-11-4-6-12(7-5-11)10-14-9-3-8-13/h4-7H,2-3,8-10,13H2,1H3. The Labute approximate surface area is 86.1 Å². The summed E-state index contributed by atoms with van der Waals surface area (Å²) in [6, 6.07) is 8.56. The number of nitrogens with two attached hydrogens (primary N) is 1. The molecule has 2 N–H and O–H groups in total. The van der Waals surface area contributed by atoms with Crippen LogP contribution in [0.2, 0.25) is 0 Å². The molecule has 1 rings (SSSR count). The summed E-state index contributed by atoms with van der Waals surface area (Å²) in [7, 11) is 0. The smallest absolute Gasteiger partial charge is 0.0716 e. The van der Waals surface area contributed by atoms with Crippen LogP contribution in [0, 0.1) is 0 Å². The first kappa shape index (κ1) is 11.2. The lowest BCUT2D eigenvalue weighted by Crippen LogP contribution is -2.04. The van der Waals surface area contributed by atoms with Crippen LogP contribution in [0.25, 0.3) is 0 Å². The van der Waals surface area contributed by atoms with Gasteiger partial charge in [0, 0.05) is 6.61 Å². The minimum absolute atomic E-state index is 0.698. The molecular weight excluding hydrogens is 174 g/mol. The van der Waals surface area contributed by atoms with Crippen molar-refractivity contribution in [3.63, 3.8) is 0 Å². The van der Waals surface area contributed by atoms with Crippen LogP contribution >= 0.6 is 0 Å². The zero-order chi connectivity index (χ0) is 10.2. The molecule has 0 saturated heterocycles. The highest BCUT2D eigenvalue weighted by Crippen LogP contribution is 2.06. The second-order valence-electron chi connectivity index (χ2n) is 3.36. The molecule has 0 aliphatic heterocycles. The van der Waals surface area contributed by atoms with Crippen LogP contribution in [0.15, 0.2) is 24.3 Å². The van der Waals surface area contributed by atoms with E-state index < -0.39 is 0 Å². The topological polar surface area (TPSA) is 35.2 Å². The van der Waals surface area contributed by atoms with Gasteiger partial charge in [0.15, 0.2) is 0 Å². The maximum atomic E-state index is 5.45. The maximum absolute atomic E-state index is 5.45. The van der Waals surface area contributed by atoms with Crippen molar-refractivity contribution >= 4 is 0 Å². The summed E-state index contributed by atoms with van der Waals surface area (Å²) in [5, 5.41) is 0. The quantitative estimate of drug-likeness (QED) is 0.702. The van der Waals surface area contributed by atoms with E-state index >= 15 is 0 Å². The van der Waals surface area contributed by atoms with Crippen LogP contribution in [0.1, 0.15) is 24.5 Å².